The van der Waals surface area contributed by atoms with Crippen molar-refractivity contribution in [2.75, 3.05) is 0 Å². The second-order valence-corrected chi connectivity index (χ2v) is 12.8. The molecule has 0 radical (unpaired) electrons. The molecule has 2 nitrogen and oxygen atoms in total. The number of hydrogen-bond acceptors (Lipinski definition) is 2. The maximum atomic E-state index is 12.8. The maximum absolute atomic E-state index is 12.8. The van der Waals surface area contributed by atoms with Crippen LogP contribution in [0.1, 0.15) is 134 Å². The SMILES string of the molecule is CC(=O)c1cc2ccc1[C@@H]1CC[C@H]([C@H](C)CCCC(C)C)[C@@]1(C)CC/C=C(/C)CC[C@](C)(O)C2. The van der Waals surface area contributed by atoms with Crippen LogP contribution in [0, 0.1) is 23.2 Å². The van der Waals surface area contributed by atoms with Crippen molar-refractivity contribution in [3.63, 3.8) is 0 Å². The smallest absolute Gasteiger partial charge is 0.160 e. The molecule has 1 aromatic rings. The van der Waals surface area contributed by atoms with Gasteiger partial charge >= 0.3 is 0 Å². The fourth-order valence-corrected chi connectivity index (χ4v) is 7.17. The topological polar surface area (TPSA) is 37.3 Å². The molecule has 0 saturated heterocycles. The number of aliphatic hydroxyl groups is 1. The molecule has 3 aliphatic rings. The number of benzene rings is 1. The second kappa shape index (κ2) is 11.1. The molecule has 0 unspecified atom stereocenters. The normalized spacial score (nSPS) is 32.7. The number of Topliss-reactive ketones (excluding diaryl/α,β-unsaturated/α-hetero) is 1. The molecule has 190 valence electrons. The summed E-state index contributed by atoms with van der Waals surface area (Å²) in [7, 11) is 0. The molecule has 4 rings (SSSR count). The molecule has 2 bridgehead atoms. The minimum atomic E-state index is -0.757. The Bertz CT molecular complexity index is 877. The molecule has 5 atom stereocenters. The summed E-state index contributed by atoms with van der Waals surface area (Å²) in [6.45, 7) is 15.6. The van der Waals surface area contributed by atoms with Gasteiger partial charge in [0.05, 0.1) is 5.60 Å². The number of fused-ring (bicyclic) bond motifs is 8. The fraction of sp³-hybridized carbons (Fsp3) is 0.719. The molecule has 0 spiro atoms. The Labute approximate surface area is 209 Å². The zero-order valence-electron chi connectivity index (χ0n) is 23.0. The predicted molar refractivity (Wildman–Crippen MR) is 144 cm³/mol. The highest BCUT2D eigenvalue weighted by molar-refractivity contribution is 5.96. The molecular weight excluding hydrogens is 416 g/mol. The van der Waals surface area contributed by atoms with Crippen molar-refractivity contribution in [3.05, 3.63) is 46.5 Å². The van der Waals surface area contributed by atoms with E-state index in [0.717, 1.165) is 36.3 Å². The summed E-state index contributed by atoms with van der Waals surface area (Å²) in [6.07, 6.45) is 13.4. The lowest BCUT2D eigenvalue weighted by atomic mass is 9.63. The van der Waals surface area contributed by atoms with Crippen LogP contribution in [-0.4, -0.2) is 16.5 Å². The van der Waals surface area contributed by atoms with E-state index in [4.69, 9.17) is 0 Å². The third-order valence-electron chi connectivity index (χ3n) is 9.23. The van der Waals surface area contributed by atoms with Crippen LogP contribution < -0.4 is 0 Å². The van der Waals surface area contributed by atoms with Gasteiger partial charge < -0.3 is 5.11 Å². The van der Waals surface area contributed by atoms with Gasteiger partial charge in [-0.25, -0.2) is 0 Å². The number of allylic oxidation sites excluding steroid dienone is 2. The highest BCUT2D eigenvalue weighted by Crippen LogP contribution is 2.59. The molecule has 2 heteroatoms. The quantitative estimate of drug-likeness (QED) is 0.336. The zero-order chi connectivity index (χ0) is 25.1. The van der Waals surface area contributed by atoms with Crippen molar-refractivity contribution in [1.29, 1.82) is 0 Å². The maximum Gasteiger partial charge on any atom is 0.160 e. The highest BCUT2D eigenvalue weighted by Gasteiger charge is 2.48. The Hall–Kier alpha value is -1.41. The zero-order valence-corrected chi connectivity index (χ0v) is 23.0. The van der Waals surface area contributed by atoms with Gasteiger partial charge in [-0.15, -0.1) is 0 Å². The van der Waals surface area contributed by atoms with Crippen LogP contribution in [-0.2, 0) is 6.42 Å². The Morgan fingerprint density at radius 2 is 1.85 bits per heavy atom. The van der Waals surface area contributed by atoms with Gasteiger partial charge in [0.1, 0.15) is 0 Å². The van der Waals surface area contributed by atoms with Crippen LogP contribution >= 0.6 is 0 Å². The molecule has 0 aromatic heterocycles. The number of hydrogen-bond donors (Lipinski definition) is 1. The standard InChI is InChI=1S/C32H50O2/c1-22(2)10-8-12-24(4)29-15-16-30-27-14-13-26(20-28(27)25(5)33)21-31(6,34)19-17-23(3)11-9-18-32(29,30)7/h11,13-14,20,22,24,29-30,34H,8-10,12,15-19,21H2,1-7H3/b23-11-/t24-,29-,30+,31+,32-/m1/s1. The Morgan fingerprint density at radius 3 is 2.53 bits per heavy atom. The van der Waals surface area contributed by atoms with Crippen molar-refractivity contribution in [2.24, 2.45) is 23.2 Å². The van der Waals surface area contributed by atoms with Gasteiger partial charge in [-0.2, -0.15) is 0 Å². The third kappa shape index (κ3) is 6.42. The lowest BCUT2D eigenvalue weighted by Gasteiger charge is -2.41. The van der Waals surface area contributed by atoms with E-state index in [0.29, 0.717) is 24.2 Å². The molecule has 0 amide bonds. The van der Waals surface area contributed by atoms with Gasteiger partial charge in [0, 0.05) is 12.0 Å². The summed E-state index contributed by atoms with van der Waals surface area (Å²) in [6, 6.07) is 6.52. The Morgan fingerprint density at radius 1 is 1.12 bits per heavy atom. The first kappa shape index (κ1) is 27.2. The van der Waals surface area contributed by atoms with Crippen molar-refractivity contribution in [1.82, 2.24) is 0 Å². The lowest BCUT2D eigenvalue weighted by Crippen LogP contribution is -2.32. The molecule has 1 aromatic carbocycles. The predicted octanol–water partition coefficient (Wildman–Crippen LogP) is 8.67. The lowest BCUT2D eigenvalue weighted by molar-refractivity contribution is 0.0514. The molecule has 0 aliphatic heterocycles. The van der Waals surface area contributed by atoms with Crippen LogP contribution in [0.4, 0.5) is 0 Å². The third-order valence-corrected chi connectivity index (χ3v) is 9.23. The van der Waals surface area contributed by atoms with Crippen LogP contribution in [0.2, 0.25) is 0 Å². The van der Waals surface area contributed by atoms with Gasteiger partial charge in [-0.3, -0.25) is 4.79 Å². The van der Waals surface area contributed by atoms with E-state index in [1.165, 1.54) is 49.7 Å². The fourth-order valence-electron chi connectivity index (χ4n) is 7.17. The molecular formula is C32H50O2. The van der Waals surface area contributed by atoms with E-state index in [9.17, 15) is 9.90 Å². The van der Waals surface area contributed by atoms with Crippen molar-refractivity contribution >= 4 is 5.78 Å². The van der Waals surface area contributed by atoms with Gasteiger partial charge in [0.2, 0.25) is 0 Å². The monoisotopic (exact) mass is 466 g/mol. The Balaban J connectivity index is 2.00. The second-order valence-electron chi connectivity index (χ2n) is 12.8. The van der Waals surface area contributed by atoms with E-state index < -0.39 is 5.60 Å². The average Bonchev–Trinajstić information content (AvgIpc) is 3.08. The van der Waals surface area contributed by atoms with Crippen LogP contribution in [0.15, 0.2) is 29.8 Å². The first-order valence-corrected chi connectivity index (χ1v) is 13.9. The van der Waals surface area contributed by atoms with Crippen LogP contribution in [0.3, 0.4) is 0 Å². The van der Waals surface area contributed by atoms with Gasteiger partial charge in [-0.05, 0) is 106 Å². The van der Waals surface area contributed by atoms with E-state index in [1.54, 1.807) is 6.92 Å². The van der Waals surface area contributed by atoms with E-state index in [1.807, 2.05) is 6.92 Å². The number of rotatable bonds is 6. The summed E-state index contributed by atoms with van der Waals surface area (Å²) >= 11 is 0. The minimum absolute atomic E-state index is 0.162. The number of carbonyl (C=O) groups is 1. The van der Waals surface area contributed by atoms with Gasteiger partial charge in [-0.1, -0.05) is 70.7 Å². The van der Waals surface area contributed by atoms with Gasteiger partial charge in [0.15, 0.2) is 5.78 Å². The molecule has 0 heterocycles. The highest BCUT2D eigenvalue weighted by atomic mass is 16.3. The van der Waals surface area contributed by atoms with Gasteiger partial charge in [0.25, 0.3) is 0 Å². The van der Waals surface area contributed by atoms with Crippen LogP contribution in [0.5, 0.6) is 0 Å². The summed E-state index contributed by atoms with van der Waals surface area (Å²) in [5, 5.41) is 11.0. The first-order valence-electron chi connectivity index (χ1n) is 13.9. The van der Waals surface area contributed by atoms with E-state index in [2.05, 4.69) is 58.9 Å². The molecule has 3 aliphatic carbocycles. The summed E-state index contributed by atoms with van der Waals surface area (Å²) < 4.78 is 0. The largest absolute Gasteiger partial charge is 0.390 e. The minimum Gasteiger partial charge on any atom is -0.390 e. The summed E-state index contributed by atoms with van der Waals surface area (Å²) in [5.74, 6) is 2.78. The Kier molecular flexibility index (Phi) is 8.88. The van der Waals surface area contributed by atoms with Crippen molar-refractivity contribution in [3.8, 4) is 0 Å². The average molecular weight is 467 g/mol. The molecule has 1 fully saturated rings. The summed E-state index contributed by atoms with van der Waals surface area (Å²) in [4.78, 5) is 12.8. The van der Waals surface area contributed by atoms with Crippen molar-refractivity contribution < 1.29 is 9.90 Å². The summed E-state index contributed by atoms with van der Waals surface area (Å²) in [5.41, 5.74) is 4.07. The van der Waals surface area contributed by atoms with Crippen molar-refractivity contribution in [2.45, 2.75) is 124 Å². The van der Waals surface area contributed by atoms with E-state index in [-0.39, 0.29) is 11.2 Å². The number of ketones is 1. The molecule has 1 saturated carbocycles. The van der Waals surface area contributed by atoms with E-state index >= 15 is 0 Å². The molecule has 34 heavy (non-hydrogen) atoms. The van der Waals surface area contributed by atoms with Crippen LogP contribution in [0.25, 0.3) is 0 Å². The number of carbonyl (C=O) groups excluding carboxylic acids is 1. The first-order chi connectivity index (χ1) is 15.9. The molecule has 1 N–H and O–H groups in total.